The molecule has 26 heavy (non-hydrogen) atoms. The predicted molar refractivity (Wildman–Crippen MR) is 94.7 cm³/mol. The Hall–Kier alpha value is -2.97. The summed E-state index contributed by atoms with van der Waals surface area (Å²) >= 11 is 0. The van der Waals surface area contributed by atoms with E-state index in [1.807, 2.05) is 0 Å². The Morgan fingerprint density at radius 2 is 2.04 bits per heavy atom. The zero-order valence-corrected chi connectivity index (χ0v) is 14.5. The highest BCUT2D eigenvalue weighted by atomic mass is 19.1. The zero-order chi connectivity index (χ0) is 18.4. The highest BCUT2D eigenvalue weighted by molar-refractivity contribution is 5.67. The van der Waals surface area contributed by atoms with Crippen molar-refractivity contribution in [2.24, 2.45) is 0 Å². The summed E-state index contributed by atoms with van der Waals surface area (Å²) in [6.07, 6.45) is 2.78. The second kappa shape index (κ2) is 8.41. The molecule has 2 heterocycles. The summed E-state index contributed by atoms with van der Waals surface area (Å²) in [5.41, 5.74) is 0.709. The average molecular weight is 360 g/mol. The van der Waals surface area contributed by atoms with Crippen molar-refractivity contribution >= 4 is 23.5 Å². The lowest BCUT2D eigenvalue weighted by Crippen LogP contribution is -2.42. The maximum Gasteiger partial charge on any atom is 0.409 e. The van der Waals surface area contributed by atoms with E-state index in [4.69, 9.17) is 4.74 Å². The molecule has 1 saturated heterocycles. The first-order valence-corrected chi connectivity index (χ1v) is 8.54. The summed E-state index contributed by atoms with van der Waals surface area (Å²) in [4.78, 5) is 17.8. The molecule has 1 aromatic heterocycles. The summed E-state index contributed by atoms with van der Waals surface area (Å²) in [6.45, 7) is 3.42. The minimum absolute atomic E-state index is 0.156. The maximum atomic E-state index is 13.0. The third-order valence-electron chi connectivity index (χ3n) is 4.03. The second-order valence-corrected chi connectivity index (χ2v) is 5.90. The van der Waals surface area contributed by atoms with Gasteiger partial charge in [0.15, 0.2) is 5.82 Å². The van der Waals surface area contributed by atoms with E-state index in [1.54, 1.807) is 24.0 Å². The lowest BCUT2D eigenvalue weighted by Gasteiger charge is -2.31. The number of likely N-dealkylation sites (tertiary alicyclic amines) is 1. The van der Waals surface area contributed by atoms with Crippen LogP contribution >= 0.6 is 0 Å². The summed E-state index contributed by atoms with van der Waals surface area (Å²) in [5, 5.41) is 14.2. The van der Waals surface area contributed by atoms with Crippen LogP contribution in [0.25, 0.3) is 0 Å². The molecule has 3 rings (SSSR count). The third kappa shape index (κ3) is 4.78. The SMILES string of the molecule is CCOC(=O)N1CCC(Nc2nncc(Nc3ccc(F)cc3)n2)CC1. The van der Waals surface area contributed by atoms with Crippen LogP contribution in [0.5, 0.6) is 0 Å². The number of piperidine rings is 1. The van der Waals surface area contributed by atoms with Crippen LogP contribution in [0.4, 0.5) is 26.6 Å². The van der Waals surface area contributed by atoms with Gasteiger partial charge in [-0.25, -0.2) is 9.18 Å². The molecule has 9 heteroatoms. The first-order chi connectivity index (χ1) is 12.6. The maximum absolute atomic E-state index is 13.0. The number of carbonyl (C=O) groups excluding carboxylic acids is 1. The van der Waals surface area contributed by atoms with Crippen molar-refractivity contribution < 1.29 is 13.9 Å². The highest BCUT2D eigenvalue weighted by Crippen LogP contribution is 2.17. The Morgan fingerprint density at radius 3 is 2.73 bits per heavy atom. The van der Waals surface area contributed by atoms with Crippen molar-refractivity contribution in [1.29, 1.82) is 0 Å². The van der Waals surface area contributed by atoms with E-state index in [-0.39, 0.29) is 18.0 Å². The monoisotopic (exact) mass is 360 g/mol. The Labute approximate surface area is 150 Å². The highest BCUT2D eigenvalue weighted by Gasteiger charge is 2.24. The molecule has 1 aliphatic heterocycles. The van der Waals surface area contributed by atoms with Gasteiger partial charge in [-0.3, -0.25) is 0 Å². The average Bonchev–Trinajstić information content (AvgIpc) is 2.65. The largest absolute Gasteiger partial charge is 0.450 e. The number of nitrogens with one attached hydrogen (secondary N) is 2. The van der Waals surface area contributed by atoms with Crippen LogP contribution in [0.3, 0.4) is 0 Å². The van der Waals surface area contributed by atoms with Gasteiger partial charge in [-0.2, -0.15) is 10.1 Å². The van der Waals surface area contributed by atoms with Gasteiger partial charge in [0.2, 0.25) is 5.95 Å². The van der Waals surface area contributed by atoms with Crippen molar-refractivity contribution in [1.82, 2.24) is 20.1 Å². The van der Waals surface area contributed by atoms with Crippen molar-refractivity contribution in [3.63, 3.8) is 0 Å². The zero-order valence-electron chi connectivity index (χ0n) is 14.5. The standard InChI is InChI=1S/C17H21FN6O2/c1-2-26-17(25)24-9-7-14(8-10-24)21-16-22-15(11-19-23-16)20-13-5-3-12(18)4-6-13/h3-6,11,14H,2,7-10H2,1H3,(H2,20,21,22,23). The van der Waals surface area contributed by atoms with Crippen LogP contribution in [-0.2, 0) is 4.74 Å². The smallest absolute Gasteiger partial charge is 0.409 e. The van der Waals surface area contributed by atoms with E-state index in [1.165, 1.54) is 18.3 Å². The van der Waals surface area contributed by atoms with Gasteiger partial charge in [0.05, 0.1) is 12.8 Å². The number of ether oxygens (including phenoxy) is 1. The van der Waals surface area contributed by atoms with Crippen LogP contribution in [0, 0.1) is 5.82 Å². The van der Waals surface area contributed by atoms with Crippen LogP contribution in [0.2, 0.25) is 0 Å². The van der Waals surface area contributed by atoms with Gasteiger partial charge in [-0.15, -0.1) is 5.10 Å². The third-order valence-corrected chi connectivity index (χ3v) is 4.03. The van der Waals surface area contributed by atoms with E-state index in [9.17, 15) is 9.18 Å². The minimum Gasteiger partial charge on any atom is -0.450 e. The fourth-order valence-corrected chi connectivity index (χ4v) is 2.71. The van der Waals surface area contributed by atoms with Gasteiger partial charge in [0.1, 0.15) is 5.82 Å². The number of aromatic nitrogens is 3. The number of nitrogens with zero attached hydrogens (tertiary/aromatic N) is 4. The van der Waals surface area contributed by atoms with E-state index in [0.717, 1.165) is 12.8 Å². The predicted octanol–water partition coefficient (Wildman–Crippen LogP) is 2.79. The van der Waals surface area contributed by atoms with E-state index >= 15 is 0 Å². The van der Waals surface area contributed by atoms with Crippen molar-refractivity contribution in [3.8, 4) is 0 Å². The molecule has 0 radical (unpaired) electrons. The Kier molecular flexibility index (Phi) is 5.77. The number of hydrogen-bond donors (Lipinski definition) is 2. The minimum atomic E-state index is -0.298. The first-order valence-electron chi connectivity index (χ1n) is 8.54. The molecule has 1 amide bonds. The molecule has 138 valence electrons. The normalized spacial score (nSPS) is 14.8. The first kappa shape index (κ1) is 17.8. The molecular formula is C17H21FN6O2. The molecule has 0 spiro atoms. The molecule has 0 aliphatic carbocycles. The topological polar surface area (TPSA) is 92.3 Å². The van der Waals surface area contributed by atoms with Crippen LogP contribution < -0.4 is 10.6 Å². The van der Waals surface area contributed by atoms with Gasteiger partial charge >= 0.3 is 6.09 Å². The molecule has 2 aromatic rings. The van der Waals surface area contributed by atoms with Gasteiger partial charge in [-0.05, 0) is 44.0 Å². The molecule has 0 bridgehead atoms. The molecular weight excluding hydrogens is 339 g/mol. The fourth-order valence-electron chi connectivity index (χ4n) is 2.71. The van der Waals surface area contributed by atoms with Gasteiger partial charge in [0, 0.05) is 24.8 Å². The van der Waals surface area contributed by atoms with Gasteiger partial charge in [-0.1, -0.05) is 0 Å². The van der Waals surface area contributed by atoms with E-state index < -0.39 is 0 Å². The second-order valence-electron chi connectivity index (χ2n) is 5.90. The number of rotatable bonds is 5. The molecule has 0 unspecified atom stereocenters. The van der Waals surface area contributed by atoms with Gasteiger partial charge < -0.3 is 20.3 Å². The Bertz CT molecular complexity index is 734. The fraction of sp³-hybridized carbons (Fsp3) is 0.412. The number of benzene rings is 1. The Morgan fingerprint density at radius 1 is 1.31 bits per heavy atom. The van der Waals surface area contributed by atoms with E-state index in [2.05, 4.69) is 25.8 Å². The van der Waals surface area contributed by atoms with Crippen LogP contribution in [0.15, 0.2) is 30.5 Å². The lowest BCUT2D eigenvalue weighted by molar-refractivity contribution is 0.0983. The van der Waals surface area contributed by atoms with Crippen LogP contribution in [0.1, 0.15) is 19.8 Å². The van der Waals surface area contributed by atoms with Crippen molar-refractivity contribution in [2.75, 3.05) is 30.3 Å². The molecule has 1 fully saturated rings. The summed E-state index contributed by atoms with van der Waals surface area (Å²) in [5.74, 6) is 0.623. The van der Waals surface area contributed by atoms with E-state index in [0.29, 0.717) is 37.1 Å². The van der Waals surface area contributed by atoms with Crippen LogP contribution in [-0.4, -0.2) is 51.9 Å². The molecule has 8 nitrogen and oxygen atoms in total. The number of hydrogen-bond acceptors (Lipinski definition) is 7. The number of halogens is 1. The number of carbonyl (C=O) groups is 1. The number of amides is 1. The molecule has 0 saturated carbocycles. The summed E-state index contributed by atoms with van der Waals surface area (Å²) in [6, 6.07) is 6.13. The molecule has 0 atom stereocenters. The summed E-state index contributed by atoms with van der Waals surface area (Å²) in [7, 11) is 0. The molecule has 2 N–H and O–H groups in total. The Balaban J connectivity index is 1.54. The van der Waals surface area contributed by atoms with Crippen molar-refractivity contribution in [2.45, 2.75) is 25.8 Å². The summed E-state index contributed by atoms with van der Waals surface area (Å²) < 4.78 is 18.0. The van der Waals surface area contributed by atoms with Gasteiger partial charge in [0.25, 0.3) is 0 Å². The van der Waals surface area contributed by atoms with Crippen molar-refractivity contribution in [3.05, 3.63) is 36.3 Å². The molecule has 1 aromatic carbocycles. The molecule has 1 aliphatic rings. The number of anilines is 3. The lowest BCUT2D eigenvalue weighted by atomic mass is 10.1. The quantitative estimate of drug-likeness (QED) is 0.847.